The zero-order valence-electron chi connectivity index (χ0n) is 12.4. The molecule has 0 heterocycles. The minimum Gasteiger partial charge on any atom is -0.396 e. The van der Waals surface area contributed by atoms with Crippen molar-refractivity contribution in [3.63, 3.8) is 0 Å². The largest absolute Gasteiger partial charge is 0.433 e. The van der Waals surface area contributed by atoms with Crippen molar-refractivity contribution in [1.82, 2.24) is 0 Å². The Morgan fingerprint density at radius 1 is 1.22 bits per heavy atom. The monoisotopic (exact) mass is 324 g/mol. The van der Waals surface area contributed by atoms with Crippen LogP contribution in [0.3, 0.4) is 0 Å². The van der Waals surface area contributed by atoms with Gasteiger partial charge in [0.15, 0.2) is 5.71 Å². The SMILES string of the molecule is CCON=C(Cc1ccc2ccccc2c1C(N)=O)C(F)(F)F. The Morgan fingerprint density at radius 3 is 2.52 bits per heavy atom. The molecular weight excluding hydrogens is 309 g/mol. The fraction of sp³-hybridized carbons (Fsp3) is 0.250. The minimum atomic E-state index is -4.66. The molecule has 0 aromatic heterocycles. The van der Waals surface area contributed by atoms with E-state index in [1.54, 1.807) is 30.3 Å². The average molecular weight is 324 g/mol. The second kappa shape index (κ2) is 6.68. The highest BCUT2D eigenvalue weighted by atomic mass is 19.4. The standard InChI is InChI=1S/C16H15F3N2O2/c1-2-23-21-13(16(17,18)19)9-11-8-7-10-5-3-4-6-12(10)14(11)15(20)22/h3-8H,2,9H2,1H3,(H2,20,22). The molecule has 122 valence electrons. The number of halogens is 3. The predicted molar refractivity (Wildman–Crippen MR) is 81.3 cm³/mol. The maximum Gasteiger partial charge on any atom is 0.433 e. The molecule has 23 heavy (non-hydrogen) atoms. The molecule has 0 saturated carbocycles. The lowest BCUT2D eigenvalue weighted by atomic mass is 9.95. The van der Waals surface area contributed by atoms with E-state index in [0.717, 1.165) is 5.39 Å². The molecule has 0 bridgehead atoms. The summed E-state index contributed by atoms with van der Waals surface area (Å²) >= 11 is 0. The summed E-state index contributed by atoms with van der Waals surface area (Å²) in [6, 6.07) is 9.96. The first-order valence-electron chi connectivity index (χ1n) is 6.91. The lowest BCUT2D eigenvalue weighted by molar-refractivity contribution is -0.0635. The number of nitrogens with zero attached hydrogens (tertiary/aromatic N) is 1. The Labute approximate surface area is 130 Å². The molecule has 0 atom stereocenters. The summed E-state index contributed by atoms with van der Waals surface area (Å²) in [7, 11) is 0. The van der Waals surface area contributed by atoms with Gasteiger partial charge in [-0.1, -0.05) is 41.6 Å². The van der Waals surface area contributed by atoms with E-state index < -0.39 is 24.2 Å². The molecule has 2 aromatic rings. The van der Waals surface area contributed by atoms with Crippen LogP contribution in [0.25, 0.3) is 10.8 Å². The van der Waals surface area contributed by atoms with E-state index in [0.29, 0.717) is 5.39 Å². The Hall–Kier alpha value is -2.57. The van der Waals surface area contributed by atoms with E-state index in [2.05, 4.69) is 9.99 Å². The third-order valence-electron chi connectivity index (χ3n) is 3.25. The molecule has 0 radical (unpaired) electrons. The molecule has 1 amide bonds. The highest BCUT2D eigenvalue weighted by molar-refractivity contribution is 6.08. The number of primary amides is 1. The van der Waals surface area contributed by atoms with E-state index in [1.807, 2.05) is 0 Å². The predicted octanol–water partition coefficient (Wildman–Crippen LogP) is 3.44. The molecule has 0 aliphatic rings. The van der Waals surface area contributed by atoms with Crippen LogP contribution in [0.2, 0.25) is 0 Å². The number of amides is 1. The molecule has 0 unspecified atom stereocenters. The minimum absolute atomic E-state index is 0.0139. The zero-order chi connectivity index (χ0) is 17.0. The molecule has 0 saturated heterocycles. The summed E-state index contributed by atoms with van der Waals surface area (Å²) in [4.78, 5) is 16.3. The van der Waals surface area contributed by atoms with Crippen molar-refractivity contribution in [1.29, 1.82) is 0 Å². The lowest BCUT2D eigenvalue weighted by Gasteiger charge is -2.14. The Kier molecular flexibility index (Phi) is 4.88. The molecule has 0 spiro atoms. The molecule has 7 heteroatoms. The number of oxime groups is 1. The number of rotatable bonds is 5. The van der Waals surface area contributed by atoms with E-state index in [9.17, 15) is 18.0 Å². The summed E-state index contributed by atoms with van der Waals surface area (Å²) in [5.74, 6) is -0.783. The van der Waals surface area contributed by atoms with Gasteiger partial charge in [-0.3, -0.25) is 4.79 Å². The third kappa shape index (κ3) is 3.80. The van der Waals surface area contributed by atoms with Crippen LogP contribution in [-0.2, 0) is 11.3 Å². The molecule has 0 aliphatic heterocycles. The maximum atomic E-state index is 13.0. The van der Waals surface area contributed by atoms with Gasteiger partial charge in [0.05, 0.1) is 5.56 Å². The molecule has 4 nitrogen and oxygen atoms in total. The number of carbonyl (C=O) groups excluding carboxylic acids is 1. The van der Waals surface area contributed by atoms with Crippen LogP contribution < -0.4 is 5.73 Å². The van der Waals surface area contributed by atoms with Crippen LogP contribution in [0.5, 0.6) is 0 Å². The number of alkyl halides is 3. The topological polar surface area (TPSA) is 64.7 Å². The van der Waals surface area contributed by atoms with E-state index in [-0.39, 0.29) is 17.7 Å². The van der Waals surface area contributed by atoms with E-state index >= 15 is 0 Å². The van der Waals surface area contributed by atoms with Crippen molar-refractivity contribution in [3.05, 3.63) is 47.5 Å². The number of benzene rings is 2. The summed E-state index contributed by atoms with van der Waals surface area (Å²) in [5.41, 5.74) is 4.49. The third-order valence-corrected chi connectivity index (χ3v) is 3.25. The van der Waals surface area contributed by atoms with Crippen LogP contribution in [0.1, 0.15) is 22.8 Å². The van der Waals surface area contributed by atoms with Crippen molar-refractivity contribution in [2.45, 2.75) is 19.5 Å². The normalized spacial score (nSPS) is 12.4. The highest BCUT2D eigenvalue weighted by Crippen LogP contribution is 2.26. The first-order valence-corrected chi connectivity index (χ1v) is 6.91. The van der Waals surface area contributed by atoms with Crippen LogP contribution in [0, 0.1) is 0 Å². The quantitative estimate of drug-likeness (QED) is 0.676. The lowest BCUT2D eigenvalue weighted by Crippen LogP contribution is -2.27. The Morgan fingerprint density at radius 2 is 1.91 bits per heavy atom. The van der Waals surface area contributed by atoms with Crippen molar-refractivity contribution >= 4 is 22.4 Å². The van der Waals surface area contributed by atoms with Gasteiger partial charge in [0.1, 0.15) is 6.61 Å². The smallest absolute Gasteiger partial charge is 0.396 e. The number of hydrogen-bond acceptors (Lipinski definition) is 3. The van der Waals surface area contributed by atoms with Crippen molar-refractivity contribution in [2.75, 3.05) is 6.61 Å². The molecular formula is C16H15F3N2O2. The molecule has 0 aliphatic carbocycles. The molecule has 2 N–H and O–H groups in total. The van der Waals surface area contributed by atoms with Gasteiger partial charge < -0.3 is 10.6 Å². The van der Waals surface area contributed by atoms with Crippen molar-refractivity contribution in [3.8, 4) is 0 Å². The number of carbonyl (C=O) groups is 1. The first-order chi connectivity index (χ1) is 10.8. The second-order valence-corrected chi connectivity index (χ2v) is 4.82. The van der Waals surface area contributed by atoms with Gasteiger partial charge in [0.25, 0.3) is 0 Å². The van der Waals surface area contributed by atoms with E-state index in [1.165, 1.54) is 13.0 Å². The first kappa shape index (κ1) is 16.8. The summed E-state index contributed by atoms with van der Waals surface area (Å²) in [5, 5.41) is 4.36. The van der Waals surface area contributed by atoms with E-state index in [4.69, 9.17) is 5.73 Å². The fourth-order valence-corrected chi connectivity index (χ4v) is 2.26. The number of nitrogens with two attached hydrogens (primary N) is 1. The van der Waals surface area contributed by atoms with Gasteiger partial charge in [-0.05, 0) is 23.3 Å². The molecule has 0 fully saturated rings. The summed E-state index contributed by atoms with van der Waals surface area (Å²) in [6.07, 6.45) is -5.25. The Bertz CT molecular complexity index is 755. The van der Waals surface area contributed by atoms with Gasteiger partial charge >= 0.3 is 6.18 Å². The highest BCUT2D eigenvalue weighted by Gasteiger charge is 2.37. The molecule has 2 aromatic carbocycles. The Balaban J connectivity index is 2.54. The van der Waals surface area contributed by atoms with Gasteiger partial charge in [0, 0.05) is 6.42 Å². The molecule has 2 rings (SSSR count). The van der Waals surface area contributed by atoms with Gasteiger partial charge in [-0.2, -0.15) is 13.2 Å². The second-order valence-electron chi connectivity index (χ2n) is 4.82. The van der Waals surface area contributed by atoms with Crippen molar-refractivity contribution < 1.29 is 22.8 Å². The van der Waals surface area contributed by atoms with Gasteiger partial charge in [0.2, 0.25) is 5.91 Å². The summed E-state index contributed by atoms with van der Waals surface area (Å²) in [6.45, 7) is 1.54. The average Bonchev–Trinajstić information content (AvgIpc) is 2.49. The van der Waals surface area contributed by atoms with Crippen LogP contribution >= 0.6 is 0 Å². The van der Waals surface area contributed by atoms with Crippen LogP contribution in [0.4, 0.5) is 13.2 Å². The van der Waals surface area contributed by atoms with Gasteiger partial charge in [-0.25, -0.2) is 0 Å². The van der Waals surface area contributed by atoms with Crippen LogP contribution in [0.15, 0.2) is 41.6 Å². The maximum absolute atomic E-state index is 13.0. The van der Waals surface area contributed by atoms with Crippen LogP contribution in [-0.4, -0.2) is 24.4 Å². The summed E-state index contributed by atoms with van der Waals surface area (Å²) < 4.78 is 39.1. The fourth-order valence-electron chi connectivity index (χ4n) is 2.26. The zero-order valence-corrected chi connectivity index (χ0v) is 12.4. The number of hydrogen-bond donors (Lipinski definition) is 1. The number of fused-ring (bicyclic) bond motifs is 1. The van der Waals surface area contributed by atoms with Gasteiger partial charge in [-0.15, -0.1) is 0 Å². The van der Waals surface area contributed by atoms with Crippen molar-refractivity contribution in [2.24, 2.45) is 10.9 Å².